The van der Waals surface area contributed by atoms with Gasteiger partial charge in [0.2, 0.25) is 5.91 Å². The zero-order valence-corrected chi connectivity index (χ0v) is 12.0. The van der Waals surface area contributed by atoms with Crippen molar-refractivity contribution in [3.8, 4) is 0 Å². The number of nitrogens with zero attached hydrogens (tertiary/aromatic N) is 1. The fourth-order valence-corrected chi connectivity index (χ4v) is 2.58. The SMILES string of the molecule is CC(C)(CC(=O)N1CCCNCC1)c1ccccc1. The number of benzene rings is 1. The lowest BCUT2D eigenvalue weighted by molar-refractivity contribution is -0.132. The number of rotatable bonds is 3. The molecule has 0 saturated carbocycles. The molecule has 1 saturated heterocycles. The van der Waals surface area contributed by atoms with Gasteiger partial charge in [-0.15, -0.1) is 0 Å². The summed E-state index contributed by atoms with van der Waals surface area (Å²) in [5, 5.41) is 3.33. The molecule has 0 atom stereocenters. The molecule has 0 aliphatic carbocycles. The van der Waals surface area contributed by atoms with E-state index in [2.05, 4.69) is 31.3 Å². The Hall–Kier alpha value is -1.35. The third-order valence-corrected chi connectivity index (χ3v) is 3.84. The summed E-state index contributed by atoms with van der Waals surface area (Å²) in [6.45, 7) is 7.95. The Kier molecular flexibility index (Phi) is 4.59. The predicted octanol–water partition coefficient (Wildman–Crippen LogP) is 2.18. The van der Waals surface area contributed by atoms with E-state index >= 15 is 0 Å². The third-order valence-electron chi connectivity index (χ3n) is 3.84. The first-order chi connectivity index (χ1) is 9.09. The van der Waals surface area contributed by atoms with E-state index in [0.29, 0.717) is 6.42 Å². The van der Waals surface area contributed by atoms with Crippen LogP contribution in [0, 0.1) is 0 Å². The second-order valence-electron chi connectivity index (χ2n) is 5.91. The summed E-state index contributed by atoms with van der Waals surface area (Å²) in [4.78, 5) is 14.4. The van der Waals surface area contributed by atoms with Crippen molar-refractivity contribution in [2.75, 3.05) is 26.2 Å². The molecule has 1 heterocycles. The Morgan fingerprint density at radius 1 is 1.21 bits per heavy atom. The minimum atomic E-state index is -0.0991. The smallest absolute Gasteiger partial charge is 0.223 e. The van der Waals surface area contributed by atoms with Crippen LogP contribution in [0.2, 0.25) is 0 Å². The van der Waals surface area contributed by atoms with Crippen LogP contribution in [0.25, 0.3) is 0 Å². The van der Waals surface area contributed by atoms with Crippen molar-refractivity contribution in [3.63, 3.8) is 0 Å². The van der Waals surface area contributed by atoms with Crippen LogP contribution in [0.4, 0.5) is 0 Å². The molecule has 1 aliphatic rings. The molecule has 1 N–H and O–H groups in total. The van der Waals surface area contributed by atoms with Crippen LogP contribution in [-0.2, 0) is 10.2 Å². The van der Waals surface area contributed by atoms with E-state index in [9.17, 15) is 4.79 Å². The van der Waals surface area contributed by atoms with E-state index in [1.165, 1.54) is 5.56 Å². The Morgan fingerprint density at radius 3 is 2.68 bits per heavy atom. The van der Waals surface area contributed by atoms with Gasteiger partial charge in [-0.2, -0.15) is 0 Å². The van der Waals surface area contributed by atoms with Crippen molar-refractivity contribution in [1.29, 1.82) is 0 Å². The molecule has 0 bridgehead atoms. The normalized spacial score (nSPS) is 17.1. The number of carbonyl (C=O) groups excluding carboxylic acids is 1. The van der Waals surface area contributed by atoms with Crippen molar-refractivity contribution in [1.82, 2.24) is 10.2 Å². The van der Waals surface area contributed by atoms with Gasteiger partial charge in [0.15, 0.2) is 0 Å². The quantitative estimate of drug-likeness (QED) is 0.903. The van der Waals surface area contributed by atoms with Gasteiger partial charge in [-0.3, -0.25) is 4.79 Å². The topological polar surface area (TPSA) is 32.3 Å². The lowest BCUT2D eigenvalue weighted by Gasteiger charge is -2.28. The summed E-state index contributed by atoms with van der Waals surface area (Å²) >= 11 is 0. The molecule has 0 unspecified atom stereocenters. The van der Waals surface area contributed by atoms with Crippen LogP contribution in [0.1, 0.15) is 32.3 Å². The van der Waals surface area contributed by atoms with Gasteiger partial charge in [-0.1, -0.05) is 44.2 Å². The van der Waals surface area contributed by atoms with Gasteiger partial charge in [-0.05, 0) is 23.9 Å². The zero-order valence-electron chi connectivity index (χ0n) is 12.0. The predicted molar refractivity (Wildman–Crippen MR) is 78.2 cm³/mol. The maximum Gasteiger partial charge on any atom is 0.223 e. The standard InChI is InChI=1S/C16H24N2O/c1-16(2,14-7-4-3-5-8-14)13-15(19)18-11-6-9-17-10-12-18/h3-5,7-8,17H,6,9-13H2,1-2H3. The van der Waals surface area contributed by atoms with Gasteiger partial charge in [0.25, 0.3) is 0 Å². The number of carbonyl (C=O) groups is 1. The molecule has 0 radical (unpaired) electrons. The van der Waals surface area contributed by atoms with Gasteiger partial charge in [0.05, 0.1) is 0 Å². The van der Waals surface area contributed by atoms with Crippen LogP contribution < -0.4 is 5.32 Å². The lowest BCUT2D eigenvalue weighted by atomic mass is 9.81. The molecule has 1 aliphatic heterocycles. The van der Waals surface area contributed by atoms with E-state index in [-0.39, 0.29) is 11.3 Å². The van der Waals surface area contributed by atoms with Crippen molar-refractivity contribution in [2.24, 2.45) is 0 Å². The molecule has 19 heavy (non-hydrogen) atoms. The Morgan fingerprint density at radius 2 is 1.95 bits per heavy atom. The maximum atomic E-state index is 12.4. The molecule has 3 heteroatoms. The summed E-state index contributed by atoms with van der Waals surface area (Å²) in [7, 11) is 0. The Balaban J connectivity index is 2.01. The molecular weight excluding hydrogens is 236 g/mol. The molecule has 104 valence electrons. The molecule has 3 nitrogen and oxygen atoms in total. The summed E-state index contributed by atoms with van der Waals surface area (Å²) in [5.41, 5.74) is 1.13. The number of nitrogens with one attached hydrogen (secondary N) is 1. The minimum absolute atomic E-state index is 0.0991. The van der Waals surface area contributed by atoms with E-state index in [0.717, 1.165) is 32.6 Å². The summed E-state index contributed by atoms with van der Waals surface area (Å²) in [6.07, 6.45) is 1.63. The molecule has 1 amide bonds. The molecule has 0 aromatic heterocycles. The van der Waals surface area contributed by atoms with E-state index < -0.39 is 0 Å². The zero-order chi connectivity index (χ0) is 13.7. The number of hydrogen-bond donors (Lipinski definition) is 1. The largest absolute Gasteiger partial charge is 0.341 e. The molecule has 1 aromatic rings. The highest BCUT2D eigenvalue weighted by molar-refractivity contribution is 5.77. The molecule has 1 aromatic carbocycles. The maximum absolute atomic E-state index is 12.4. The van der Waals surface area contributed by atoms with E-state index in [4.69, 9.17) is 0 Å². The summed E-state index contributed by atoms with van der Waals surface area (Å²) in [5.74, 6) is 0.276. The van der Waals surface area contributed by atoms with Crippen LogP contribution in [0.5, 0.6) is 0 Å². The first-order valence-corrected chi connectivity index (χ1v) is 7.14. The number of hydrogen-bond acceptors (Lipinski definition) is 2. The first-order valence-electron chi connectivity index (χ1n) is 7.14. The van der Waals surface area contributed by atoms with E-state index in [1.807, 2.05) is 23.1 Å². The summed E-state index contributed by atoms with van der Waals surface area (Å²) in [6, 6.07) is 10.3. The molecule has 0 spiro atoms. The van der Waals surface area contributed by atoms with Gasteiger partial charge >= 0.3 is 0 Å². The highest BCUT2D eigenvalue weighted by Gasteiger charge is 2.27. The van der Waals surface area contributed by atoms with Crippen molar-refractivity contribution in [2.45, 2.75) is 32.1 Å². The monoisotopic (exact) mass is 260 g/mol. The van der Waals surface area contributed by atoms with Crippen molar-refractivity contribution < 1.29 is 4.79 Å². The van der Waals surface area contributed by atoms with Crippen LogP contribution in [-0.4, -0.2) is 37.0 Å². The van der Waals surface area contributed by atoms with Gasteiger partial charge in [0, 0.05) is 26.1 Å². The fraction of sp³-hybridized carbons (Fsp3) is 0.562. The Bertz CT molecular complexity index is 406. The summed E-state index contributed by atoms with van der Waals surface area (Å²) < 4.78 is 0. The second-order valence-corrected chi connectivity index (χ2v) is 5.91. The van der Waals surface area contributed by atoms with Crippen molar-refractivity contribution >= 4 is 5.91 Å². The van der Waals surface area contributed by atoms with Gasteiger partial charge in [-0.25, -0.2) is 0 Å². The first kappa shape index (κ1) is 14.1. The Labute approximate surface area is 116 Å². The minimum Gasteiger partial charge on any atom is -0.341 e. The van der Waals surface area contributed by atoms with Crippen LogP contribution in [0.15, 0.2) is 30.3 Å². The number of amides is 1. The molecule has 2 rings (SSSR count). The third kappa shape index (κ3) is 3.80. The van der Waals surface area contributed by atoms with Crippen LogP contribution >= 0.6 is 0 Å². The molecular formula is C16H24N2O. The average molecular weight is 260 g/mol. The van der Waals surface area contributed by atoms with Crippen LogP contribution in [0.3, 0.4) is 0 Å². The van der Waals surface area contributed by atoms with Crippen molar-refractivity contribution in [3.05, 3.63) is 35.9 Å². The van der Waals surface area contributed by atoms with Gasteiger partial charge in [0.1, 0.15) is 0 Å². The average Bonchev–Trinajstić information content (AvgIpc) is 2.68. The van der Waals surface area contributed by atoms with E-state index in [1.54, 1.807) is 0 Å². The highest BCUT2D eigenvalue weighted by atomic mass is 16.2. The highest BCUT2D eigenvalue weighted by Crippen LogP contribution is 2.27. The lowest BCUT2D eigenvalue weighted by Crippen LogP contribution is -2.37. The van der Waals surface area contributed by atoms with Gasteiger partial charge < -0.3 is 10.2 Å². The fourth-order valence-electron chi connectivity index (χ4n) is 2.58. The molecule has 1 fully saturated rings. The second kappa shape index (κ2) is 6.20.